The molecule has 0 atom stereocenters. The highest BCUT2D eigenvalue weighted by Gasteiger charge is 2.43. The summed E-state index contributed by atoms with van der Waals surface area (Å²) in [6.45, 7) is 4.68. The normalized spacial score (nSPS) is 17.1. The van der Waals surface area contributed by atoms with Gasteiger partial charge in [0.05, 0.1) is 23.0 Å². The van der Waals surface area contributed by atoms with E-state index < -0.39 is 0 Å². The first-order chi connectivity index (χ1) is 8.58. The Bertz CT molecular complexity index is 413. The molecule has 2 rings (SSSR count). The van der Waals surface area contributed by atoms with E-state index >= 15 is 0 Å². The van der Waals surface area contributed by atoms with E-state index in [0.29, 0.717) is 5.41 Å². The number of aromatic nitrogens is 2. The molecule has 0 radical (unpaired) electrons. The Morgan fingerprint density at radius 1 is 1.50 bits per heavy atom. The standard InChI is InChI=1S/C13H22ClN3O/c1-10-12(14)11(17(2)16-10)8-13(4-5-13)9-15-6-7-18-3/h15H,4-9H2,1-3H3. The zero-order valence-electron chi connectivity index (χ0n) is 11.4. The van der Waals surface area contributed by atoms with Gasteiger partial charge in [0.15, 0.2) is 0 Å². The van der Waals surface area contributed by atoms with E-state index in [4.69, 9.17) is 16.3 Å². The van der Waals surface area contributed by atoms with Gasteiger partial charge in [0.1, 0.15) is 0 Å². The predicted octanol–water partition coefficient (Wildman–Crippen LogP) is 1.94. The van der Waals surface area contributed by atoms with E-state index in [1.54, 1.807) is 7.11 Å². The van der Waals surface area contributed by atoms with Gasteiger partial charge in [0.2, 0.25) is 0 Å². The molecule has 0 aromatic carbocycles. The maximum Gasteiger partial charge on any atom is 0.0847 e. The van der Waals surface area contributed by atoms with E-state index in [9.17, 15) is 0 Å². The van der Waals surface area contributed by atoms with Crippen LogP contribution in [0, 0.1) is 12.3 Å². The lowest BCUT2D eigenvalue weighted by molar-refractivity contribution is 0.197. The zero-order chi connectivity index (χ0) is 13.2. The van der Waals surface area contributed by atoms with Gasteiger partial charge in [-0.25, -0.2) is 0 Å². The highest BCUT2D eigenvalue weighted by molar-refractivity contribution is 6.31. The van der Waals surface area contributed by atoms with Crippen LogP contribution in [0.3, 0.4) is 0 Å². The first-order valence-corrected chi connectivity index (χ1v) is 6.83. The molecule has 102 valence electrons. The average Bonchev–Trinajstić information content (AvgIpc) is 3.06. The van der Waals surface area contributed by atoms with Crippen LogP contribution < -0.4 is 5.32 Å². The molecular formula is C13H22ClN3O. The largest absolute Gasteiger partial charge is 0.383 e. The van der Waals surface area contributed by atoms with E-state index in [1.165, 1.54) is 18.5 Å². The molecule has 1 aliphatic carbocycles. The fourth-order valence-electron chi connectivity index (χ4n) is 2.35. The Kier molecular flexibility index (Phi) is 4.30. The van der Waals surface area contributed by atoms with E-state index in [-0.39, 0.29) is 0 Å². The second-order valence-corrected chi connectivity index (χ2v) is 5.69. The zero-order valence-corrected chi connectivity index (χ0v) is 12.2. The summed E-state index contributed by atoms with van der Waals surface area (Å²) < 4.78 is 6.96. The van der Waals surface area contributed by atoms with Crippen LogP contribution in [-0.4, -0.2) is 36.6 Å². The maximum absolute atomic E-state index is 6.31. The first-order valence-electron chi connectivity index (χ1n) is 6.46. The lowest BCUT2D eigenvalue weighted by Gasteiger charge is -2.16. The van der Waals surface area contributed by atoms with Crippen LogP contribution in [0.15, 0.2) is 0 Å². The van der Waals surface area contributed by atoms with Gasteiger partial charge in [-0.3, -0.25) is 4.68 Å². The van der Waals surface area contributed by atoms with E-state index in [1.807, 2.05) is 18.7 Å². The Balaban J connectivity index is 1.92. The van der Waals surface area contributed by atoms with Gasteiger partial charge in [0.25, 0.3) is 0 Å². The number of hydrogen-bond donors (Lipinski definition) is 1. The monoisotopic (exact) mass is 271 g/mol. The van der Waals surface area contributed by atoms with Crippen LogP contribution in [0.2, 0.25) is 5.02 Å². The van der Waals surface area contributed by atoms with Crippen molar-refractivity contribution in [3.8, 4) is 0 Å². The fraction of sp³-hybridized carbons (Fsp3) is 0.769. The first kappa shape index (κ1) is 13.8. The number of halogens is 1. The van der Waals surface area contributed by atoms with Crippen molar-refractivity contribution < 1.29 is 4.74 Å². The molecule has 5 heteroatoms. The molecule has 1 aromatic rings. The van der Waals surface area contributed by atoms with E-state index in [0.717, 1.165) is 36.8 Å². The highest BCUT2D eigenvalue weighted by atomic mass is 35.5. The lowest BCUT2D eigenvalue weighted by atomic mass is 10.00. The highest BCUT2D eigenvalue weighted by Crippen LogP contribution is 2.48. The Hall–Kier alpha value is -0.580. The molecule has 1 N–H and O–H groups in total. The summed E-state index contributed by atoms with van der Waals surface area (Å²) in [5, 5.41) is 8.67. The third kappa shape index (κ3) is 3.05. The van der Waals surface area contributed by atoms with Gasteiger partial charge < -0.3 is 10.1 Å². The number of hydrogen-bond acceptors (Lipinski definition) is 3. The quantitative estimate of drug-likeness (QED) is 0.771. The summed E-state index contributed by atoms with van der Waals surface area (Å²) in [6.07, 6.45) is 3.56. The van der Waals surface area contributed by atoms with Crippen LogP contribution >= 0.6 is 11.6 Å². The minimum atomic E-state index is 0.387. The van der Waals surface area contributed by atoms with Crippen molar-refractivity contribution in [1.82, 2.24) is 15.1 Å². The van der Waals surface area contributed by atoms with E-state index in [2.05, 4.69) is 10.4 Å². The number of aryl methyl sites for hydroxylation is 2. The Morgan fingerprint density at radius 3 is 2.72 bits per heavy atom. The average molecular weight is 272 g/mol. The number of ether oxygens (including phenoxy) is 1. The molecular weight excluding hydrogens is 250 g/mol. The molecule has 18 heavy (non-hydrogen) atoms. The summed E-state index contributed by atoms with van der Waals surface area (Å²) in [5.41, 5.74) is 2.48. The summed E-state index contributed by atoms with van der Waals surface area (Å²) in [4.78, 5) is 0. The smallest absolute Gasteiger partial charge is 0.0847 e. The van der Waals surface area contributed by atoms with Gasteiger partial charge in [0, 0.05) is 27.2 Å². The number of nitrogens with one attached hydrogen (secondary N) is 1. The molecule has 4 nitrogen and oxygen atoms in total. The number of rotatable bonds is 7. The van der Waals surface area contributed by atoms with Crippen molar-refractivity contribution in [3.63, 3.8) is 0 Å². The molecule has 0 saturated heterocycles. The van der Waals surface area contributed by atoms with Crippen molar-refractivity contribution in [2.45, 2.75) is 26.2 Å². The molecule has 0 spiro atoms. The molecule has 0 amide bonds. The molecule has 0 bridgehead atoms. The van der Waals surface area contributed by atoms with Crippen molar-refractivity contribution in [2.75, 3.05) is 26.8 Å². The molecule has 1 saturated carbocycles. The van der Waals surface area contributed by atoms with Gasteiger partial charge in [-0.15, -0.1) is 0 Å². The van der Waals surface area contributed by atoms with Crippen molar-refractivity contribution >= 4 is 11.6 Å². The summed E-state index contributed by atoms with van der Waals surface area (Å²) >= 11 is 6.31. The van der Waals surface area contributed by atoms with Crippen molar-refractivity contribution in [1.29, 1.82) is 0 Å². The second-order valence-electron chi connectivity index (χ2n) is 5.32. The second kappa shape index (κ2) is 5.59. The number of nitrogens with zero attached hydrogens (tertiary/aromatic N) is 2. The SMILES string of the molecule is COCCNCC1(Cc2c(Cl)c(C)nn2C)CC1. The predicted molar refractivity (Wildman–Crippen MR) is 73.1 cm³/mol. The Labute approximate surface area is 114 Å². The van der Waals surface area contributed by atoms with Crippen LogP contribution in [0.25, 0.3) is 0 Å². The molecule has 1 heterocycles. The minimum absolute atomic E-state index is 0.387. The number of methoxy groups -OCH3 is 1. The fourth-order valence-corrected chi connectivity index (χ4v) is 2.57. The molecule has 0 unspecified atom stereocenters. The van der Waals surface area contributed by atoms with Crippen LogP contribution in [0.4, 0.5) is 0 Å². The van der Waals surface area contributed by atoms with Gasteiger partial charge >= 0.3 is 0 Å². The van der Waals surface area contributed by atoms with Gasteiger partial charge in [-0.2, -0.15) is 5.10 Å². The third-order valence-electron chi connectivity index (χ3n) is 3.74. The summed E-state index contributed by atoms with van der Waals surface area (Å²) in [6, 6.07) is 0. The molecule has 1 aromatic heterocycles. The van der Waals surface area contributed by atoms with Gasteiger partial charge in [-0.1, -0.05) is 11.6 Å². The van der Waals surface area contributed by atoms with Crippen molar-refractivity contribution in [3.05, 3.63) is 16.4 Å². The van der Waals surface area contributed by atoms with Gasteiger partial charge in [-0.05, 0) is 31.6 Å². The molecule has 0 aliphatic heterocycles. The summed E-state index contributed by atoms with van der Waals surface area (Å²) in [5.74, 6) is 0. The Morgan fingerprint density at radius 2 is 2.22 bits per heavy atom. The summed E-state index contributed by atoms with van der Waals surface area (Å²) in [7, 11) is 3.70. The van der Waals surface area contributed by atoms with Crippen LogP contribution in [0.1, 0.15) is 24.2 Å². The maximum atomic E-state index is 6.31. The molecule has 1 aliphatic rings. The van der Waals surface area contributed by atoms with Crippen molar-refractivity contribution in [2.24, 2.45) is 12.5 Å². The molecule has 1 fully saturated rings. The van der Waals surface area contributed by atoms with Crippen LogP contribution in [-0.2, 0) is 18.2 Å². The third-order valence-corrected chi connectivity index (χ3v) is 4.24. The topological polar surface area (TPSA) is 39.1 Å². The minimum Gasteiger partial charge on any atom is -0.383 e. The van der Waals surface area contributed by atoms with Crippen LogP contribution in [0.5, 0.6) is 0 Å². The lowest BCUT2D eigenvalue weighted by Crippen LogP contribution is -2.28.